The molecule has 4 rings (SSSR count). The molecule has 154 valence electrons. The van der Waals surface area contributed by atoms with Crippen LogP contribution in [0.3, 0.4) is 0 Å². The lowest BCUT2D eigenvalue weighted by atomic mass is 10.1. The van der Waals surface area contributed by atoms with Crippen molar-refractivity contribution in [2.45, 2.75) is 9.79 Å². The Balaban J connectivity index is 1.56. The van der Waals surface area contributed by atoms with Crippen molar-refractivity contribution in [2.75, 3.05) is 5.32 Å². The van der Waals surface area contributed by atoms with Gasteiger partial charge in [-0.15, -0.1) is 0 Å². The van der Waals surface area contributed by atoms with E-state index in [1.807, 2.05) is 0 Å². The van der Waals surface area contributed by atoms with Crippen LogP contribution in [0.2, 0.25) is 0 Å². The van der Waals surface area contributed by atoms with E-state index >= 15 is 0 Å². The molecule has 0 atom stereocenters. The summed E-state index contributed by atoms with van der Waals surface area (Å²) in [5.74, 6) is -0.142. The van der Waals surface area contributed by atoms with Crippen molar-refractivity contribution < 1.29 is 13.2 Å². The van der Waals surface area contributed by atoms with Gasteiger partial charge in [0, 0.05) is 35.4 Å². The van der Waals surface area contributed by atoms with Crippen molar-refractivity contribution >= 4 is 27.4 Å². The van der Waals surface area contributed by atoms with Crippen LogP contribution in [0.15, 0.2) is 95.1 Å². The number of primary amides is 1. The summed E-state index contributed by atoms with van der Waals surface area (Å²) < 4.78 is 25.4. The zero-order valence-electron chi connectivity index (χ0n) is 16.1. The van der Waals surface area contributed by atoms with Gasteiger partial charge in [0.2, 0.25) is 21.7 Å². The molecule has 0 bridgehead atoms. The molecule has 0 fully saturated rings. The van der Waals surface area contributed by atoms with Gasteiger partial charge in [-0.25, -0.2) is 18.4 Å². The van der Waals surface area contributed by atoms with Crippen LogP contribution in [0.5, 0.6) is 0 Å². The maximum absolute atomic E-state index is 12.7. The van der Waals surface area contributed by atoms with Crippen molar-refractivity contribution in [1.29, 1.82) is 0 Å². The fraction of sp³-hybridized carbons (Fsp3) is 0. The fourth-order valence-corrected chi connectivity index (χ4v) is 4.13. The molecule has 2 aromatic heterocycles. The molecule has 0 spiro atoms. The molecule has 2 heterocycles. The number of benzene rings is 2. The second kappa shape index (κ2) is 8.33. The van der Waals surface area contributed by atoms with Gasteiger partial charge in [-0.1, -0.05) is 12.1 Å². The highest BCUT2D eigenvalue weighted by Crippen LogP contribution is 2.24. The largest absolute Gasteiger partial charge is 0.366 e. The first-order valence-corrected chi connectivity index (χ1v) is 10.7. The molecule has 0 saturated carbocycles. The van der Waals surface area contributed by atoms with Gasteiger partial charge in [-0.2, -0.15) is 0 Å². The Morgan fingerprint density at radius 3 is 2.10 bits per heavy atom. The van der Waals surface area contributed by atoms with Crippen LogP contribution >= 0.6 is 0 Å². The lowest BCUT2D eigenvalue weighted by molar-refractivity contribution is 0.100. The van der Waals surface area contributed by atoms with E-state index in [0.29, 0.717) is 22.9 Å². The predicted octanol–water partition coefficient (Wildman–Crippen LogP) is 3.21. The summed E-state index contributed by atoms with van der Waals surface area (Å²) >= 11 is 0. The zero-order chi connectivity index (χ0) is 21.8. The van der Waals surface area contributed by atoms with Crippen molar-refractivity contribution in [3.63, 3.8) is 0 Å². The van der Waals surface area contributed by atoms with Gasteiger partial charge in [0.1, 0.15) is 0 Å². The Kier molecular flexibility index (Phi) is 5.42. The second-order valence-corrected chi connectivity index (χ2v) is 8.49. The fourth-order valence-electron chi connectivity index (χ4n) is 2.88. The van der Waals surface area contributed by atoms with Crippen LogP contribution in [0.1, 0.15) is 10.4 Å². The number of hydrogen-bond donors (Lipinski definition) is 2. The van der Waals surface area contributed by atoms with E-state index in [1.54, 1.807) is 60.8 Å². The minimum absolute atomic E-state index is 0.185. The number of rotatable bonds is 6. The van der Waals surface area contributed by atoms with Crippen LogP contribution in [0.4, 0.5) is 11.6 Å². The highest BCUT2D eigenvalue weighted by Gasteiger charge is 2.17. The van der Waals surface area contributed by atoms with Crippen molar-refractivity contribution in [2.24, 2.45) is 5.73 Å². The van der Waals surface area contributed by atoms with E-state index in [4.69, 9.17) is 5.73 Å². The smallest absolute Gasteiger partial charge is 0.248 e. The van der Waals surface area contributed by atoms with Gasteiger partial charge in [0.05, 0.1) is 15.5 Å². The Morgan fingerprint density at radius 2 is 1.45 bits per heavy atom. The van der Waals surface area contributed by atoms with E-state index in [-0.39, 0.29) is 9.79 Å². The number of carbonyl (C=O) groups is 1. The number of amides is 1. The molecule has 9 heteroatoms. The number of carbonyl (C=O) groups excluding carboxylic acids is 1. The summed E-state index contributed by atoms with van der Waals surface area (Å²) in [6.07, 6.45) is 4.49. The molecule has 1 amide bonds. The molecule has 8 nitrogen and oxygen atoms in total. The Hall–Kier alpha value is -4.11. The minimum Gasteiger partial charge on any atom is -0.366 e. The average molecular weight is 431 g/mol. The molecule has 0 aliphatic carbocycles. The summed E-state index contributed by atoms with van der Waals surface area (Å²) in [7, 11) is -3.61. The molecule has 0 aliphatic rings. The van der Waals surface area contributed by atoms with Crippen LogP contribution in [-0.4, -0.2) is 29.3 Å². The quantitative estimate of drug-likeness (QED) is 0.480. The van der Waals surface area contributed by atoms with Crippen LogP contribution in [0, 0.1) is 0 Å². The monoisotopic (exact) mass is 431 g/mol. The second-order valence-electron chi connectivity index (χ2n) is 6.54. The minimum atomic E-state index is -3.61. The molecule has 0 radical (unpaired) electrons. The number of anilines is 2. The highest BCUT2D eigenvalue weighted by molar-refractivity contribution is 7.91. The molecular formula is C22H17N5O3S. The van der Waals surface area contributed by atoms with E-state index < -0.39 is 15.7 Å². The number of nitrogens with two attached hydrogens (primary N) is 1. The third kappa shape index (κ3) is 4.41. The van der Waals surface area contributed by atoms with Gasteiger partial charge < -0.3 is 11.1 Å². The van der Waals surface area contributed by atoms with Gasteiger partial charge >= 0.3 is 0 Å². The maximum Gasteiger partial charge on any atom is 0.248 e. The number of nitrogens with zero attached hydrogens (tertiary/aromatic N) is 3. The summed E-state index contributed by atoms with van der Waals surface area (Å²) in [6, 6.07) is 17.8. The number of nitrogens with one attached hydrogen (secondary N) is 1. The van der Waals surface area contributed by atoms with Gasteiger partial charge in [0.25, 0.3) is 0 Å². The first-order valence-electron chi connectivity index (χ1n) is 9.19. The molecular weight excluding hydrogens is 414 g/mol. The molecule has 31 heavy (non-hydrogen) atoms. The number of sulfone groups is 1. The molecule has 0 unspecified atom stereocenters. The standard InChI is InChI=1S/C22H17N5O3S/c23-21(28)16-1-5-17(6-2-16)26-22-25-14-11-20(27-22)15-3-7-18(8-4-15)31(29,30)19-9-12-24-13-10-19/h1-14H,(H2,23,28)(H,25,26,27). The lowest BCUT2D eigenvalue weighted by Crippen LogP contribution is -2.10. The Bertz CT molecular complexity index is 1320. The van der Waals surface area contributed by atoms with Crippen molar-refractivity contribution in [1.82, 2.24) is 15.0 Å². The summed E-state index contributed by atoms with van der Waals surface area (Å²) in [5.41, 5.74) is 7.71. The number of pyridine rings is 1. The predicted molar refractivity (Wildman–Crippen MR) is 115 cm³/mol. The van der Waals surface area contributed by atoms with E-state index in [2.05, 4.69) is 20.3 Å². The Morgan fingerprint density at radius 1 is 0.806 bits per heavy atom. The summed E-state index contributed by atoms with van der Waals surface area (Å²) in [4.78, 5) is 24.1. The topological polar surface area (TPSA) is 128 Å². The normalized spacial score (nSPS) is 11.1. The first-order chi connectivity index (χ1) is 14.9. The number of aromatic nitrogens is 3. The first kappa shape index (κ1) is 20.2. The molecule has 3 N–H and O–H groups in total. The summed E-state index contributed by atoms with van der Waals surface area (Å²) in [5, 5.41) is 3.06. The third-order valence-electron chi connectivity index (χ3n) is 4.50. The van der Waals surface area contributed by atoms with Crippen LogP contribution < -0.4 is 11.1 Å². The van der Waals surface area contributed by atoms with Crippen molar-refractivity contribution in [3.8, 4) is 11.3 Å². The lowest BCUT2D eigenvalue weighted by Gasteiger charge is -2.08. The average Bonchev–Trinajstić information content (AvgIpc) is 2.80. The molecule has 0 aliphatic heterocycles. The van der Waals surface area contributed by atoms with Crippen LogP contribution in [0.25, 0.3) is 11.3 Å². The third-order valence-corrected chi connectivity index (χ3v) is 6.29. The van der Waals surface area contributed by atoms with Gasteiger partial charge in [-0.3, -0.25) is 9.78 Å². The molecule has 2 aromatic carbocycles. The van der Waals surface area contributed by atoms with Crippen LogP contribution in [-0.2, 0) is 9.84 Å². The van der Waals surface area contributed by atoms with E-state index in [9.17, 15) is 13.2 Å². The zero-order valence-corrected chi connectivity index (χ0v) is 17.0. The number of hydrogen-bond acceptors (Lipinski definition) is 7. The Labute approximate surface area is 178 Å². The molecule has 4 aromatic rings. The maximum atomic E-state index is 12.7. The van der Waals surface area contributed by atoms with Gasteiger partial charge in [0.15, 0.2) is 0 Å². The van der Waals surface area contributed by atoms with E-state index in [1.165, 1.54) is 24.5 Å². The SMILES string of the molecule is NC(=O)c1ccc(Nc2nccc(-c3ccc(S(=O)(=O)c4ccncc4)cc3)n2)cc1. The van der Waals surface area contributed by atoms with E-state index in [0.717, 1.165) is 5.56 Å². The summed E-state index contributed by atoms with van der Waals surface area (Å²) in [6.45, 7) is 0. The molecule has 0 saturated heterocycles. The van der Waals surface area contributed by atoms with Crippen molar-refractivity contribution in [3.05, 3.63) is 90.9 Å². The van der Waals surface area contributed by atoms with Gasteiger partial charge in [-0.05, 0) is 54.6 Å². The highest BCUT2D eigenvalue weighted by atomic mass is 32.2.